The third-order valence-corrected chi connectivity index (χ3v) is 19.5. The van der Waals surface area contributed by atoms with Gasteiger partial charge in [-0.05, 0) is 194 Å². The molecule has 4 fully saturated rings. The van der Waals surface area contributed by atoms with Crippen LogP contribution < -0.4 is 4.90 Å². The number of anilines is 3. The van der Waals surface area contributed by atoms with Crippen molar-refractivity contribution in [3.8, 4) is 33.4 Å². The molecule has 0 saturated heterocycles. The monoisotopic (exact) mass is 824 g/mol. The highest BCUT2D eigenvalue weighted by Gasteiger charge is 2.84. The highest BCUT2D eigenvalue weighted by atomic mass is 15.1. The predicted octanol–water partition coefficient (Wildman–Crippen LogP) is 16.5. The molecule has 318 valence electrons. The molecule has 63 heavy (non-hydrogen) atoms. The summed E-state index contributed by atoms with van der Waals surface area (Å²) in [5, 5.41) is 0. The molecule has 6 atom stereocenters. The van der Waals surface area contributed by atoms with Gasteiger partial charge in [-0.3, -0.25) is 0 Å². The normalized spacial score (nSPS) is 29.7. The van der Waals surface area contributed by atoms with Crippen LogP contribution in [0.4, 0.5) is 17.1 Å². The van der Waals surface area contributed by atoms with E-state index in [4.69, 9.17) is 0 Å². The Labute approximate surface area is 377 Å². The summed E-state index contributed by atoms with van der Waals surface area (Å²) in [6.07, 6.45) is 10.7. The van der Waals surface area contributed by atoms with Crippen molar-refractivity contribution in [1.29, 1.82) is 0 Å². The highest BCUT2D eigenvalue weighted by Crippen LogP contribution is 2.90. The smallest absolute Gasteiger partial charge is 0.0543 e. The first kappa shape index (κ1) is 38.6. The molecule has 6 unspecified atom stereocenters. The number of rotatable bonds is 5. The van der Waals surface area contributed by atoms with Gasteiger partial charge in [-0.15, -0.1) is 0 Å². The Kier molecular flexibility index (Phi) is 7.63. The molecular weight excluding hydrogens is 759 g/mol. The SMILES string of the molecule is CC1(C)CCC(C)(C)c2cc(-c3cccc(N(c4cccc(-c5ccc6c(c5)C(C)(C)CCC6(C)C)c4)c4cccc5c4-c4ccccc4C54C5CC6CC7CC4C75C6)c3)ccc21. The third-order valence-electron chi connectivity index (χ3n) is 19.5. The van der Waals surface area contributed by atoms with E-state index in [0.29, 0.717) is 5.41 Å². The van der Waals surface area contributed by atoms with Crippen LogP contribution in [0.2, 0.25) is 0 Å². The van der Waals surface area contributed by atoms with Crippen molar-refractivity contribution in [1.82, 2.24) is 0 Å². The van der Waals surface area contributed by atoms with E-state index >= 15 is 0 Å². The number of benzene rings is 6. The van der Waals surface area contributed by atoms with E-state index < -0.39 is 0 Å². The number of nitrogens with zero attached hydrogens (tertiary/aromatic N) is 1. The third kappa shape index (κ3) is 4.96. The largest absolute Gasteiger partial charge is 0.310 e. The first-order valence-corrected chi connectivity index (χ1v) is 24.7. The molecule has 13 rings (SSSR count). The number of fused-ring (bicyclic) bond motifs is 10. The van der Waals surface area contributed by atoms with Crippen LogP contribution in [-0.4, -0.2) is 0 Å². The minimum absolute atomic E-state index is 0.149. The molecule has 6 aromatic rings. The summed E-state index contributed by atoms with van der Waals surface area (Å²) in [6.45, 7) is 19.5. The molecule has 0 aromatic heterocycles. The number of hydrogen-bond acceptors (Lipinski definition) is 1. The van der Waals surface area contributed by atoms with E-state index in [0.717, 1.165) is 23.7 Å². The van der Waals surface area contributed by atoms with Gasteiger partial charge in [0.2, 0.25) is 0 Å². The minimum atomic E-state index is 0.149. The molecular formula is C62H65N. The van der Waals surface area contributed by atoms with Crippen molar-refractivity contribution in [3.05, 3.63) is 161 Å². The van der Waals surface area contributed by atoms with Crippen molar-refractivity contribution in [2.24, 2.45) is 29.1 Å². The molecule has 0 N–H and O–H groups in total. The Morgan fingerprint density at radius 3 is 1.52 bits per heavy atom. The molecule has 0 radical (unpaired) electrons. The van der Waals surface area contributed by atoms with Gasteiger partial charge in [0.1, 0.15) is 0 Å². The molecule has 6 aromatic carbocycles. The second-order valence-electron chi connectivity index (χ2n) is 24.3. The van der Waals surface area contributed by atoms with Gasteiger partial charge < -0.3 is 4.90 Å². The molecule has 7 aliphatic rings. The molecule has 1 nitrogen and oxygen atoms in total. The zero-order valence-corrected chi connectivity index (χ0v) is 39.0. The van der Waals surface area contributed by atoms with Gasteiger partial charge in [0, 0.05) is 22.4 Å². The van der Waals surface area contributed by atoms with Gasteiger partial charge in [-0.2, -0.15) is 0 Å². The summed E-state index contributed by atoms with van der Waals surface area (Å²) in [6, 6.07) is 50.8. The molecule has 7 aliphatic carbocycles. The zero-order valence-electron chi connectivity index (χ0n) is 39.0. The van der Waals surface area contributed by atoms with E-state index in [-0.39, 0.29) is 27.1 Å². The Balaban J connectivity index is 1.00. The maximum Gasteiger partial charge on any atom is 0.0543 e. The average molecular weight is 824 g/mol. The highest BCUT2D eigenvalue weighted by molar-refractivity contribution is 5.97. The maximum atomic E-state index is 2.64. The van der Waals surface area contributed by atoms with Gasteiger partial charge in [0.25, 0.3) is 0 Å². The van der Waals surface area contributed by atoms with Crippen LogP contribution in [0.3, 0.4) is 0 Å². The Bertz CT molecular complexity index is 2800. The van der Waals surface area contributed by atoms with Gasteiger partial charge in [-0.25, -0.2) is 0 Å². The van der Waals surface area contributed by atoms with Crippen molar-refractivity contribution in [3.63, 3.8) is 0 Å². The van der Waals surface area contributed by atoms with Crippen molar-refractivity contribution < 1.29 is 0 Å². The summed E-state index contributed by atoms with van der Waals surface area (Å²) in [4.78, 5) is 2.64. The molecule has 2 bridgehead atoms. The molecule has 0 heterocycles. The van der Waals surface area contributed by atoms with E-state index in [1.807, 2.05) is 0 Å². The van der Waals surface area contributed by atoms with Crippen LogP contribution in [0.5, 0.6) is 0 Å². The number of hydrogen-bond donors (Lipinski definition) is 0. The second-order valence-corrected chi connectivity index (χ2v) is 24.3. The summed E-state index contributed by atoms with van der Waals surface area (Å²) in [7, 11) is 0. The summed E-state index contributed by atoms with van der Waals surface area (Å²) >= 11 is 0. The van der Waals surface area contributed by atoms with Crippen molar-refractivity contribution in [2.45, 2.75) is 134 Å². The average Bonchev–Trinajstić information content (AvgIpc) is 3.92. The fourth-order valence-electron chi connectivity index (χ4n) is 16.2. The summed E-state index contributed by atoms with van der Waals surface area (Å²) < 4.78 is 0. The molecule has 1 heteroatoms. The van der Waals surface area contributed by atoms with Crippen LogP contribution in [0, 0.1) is 29.1 Å². The lowest BCUT2D eigenvalue weighted by atomic mass is 9.27. The first-order valence-electron chi connectivity index (χ1n) is 24.7. The van der Waals surface area contributed by atoms with Crippen LogP contribution >= 0.6 is 0 Å². The van der Waals surface area contributed by atoms with Gasteiger partial charge in [0.05, 0.1) is 5.69 Å². The van der Waals surface area contributed by atoms with Crippen LogP contribution in [-0.2, 0) is 27.1 Å². The van der Waals surface area contributed by atoms with Gasteiger partial charge >= 0.3 is 0 Å². The molecule has 4 saturated carbocycles. The quantitative estimate of drug-likeness (QED) is 0.167. The molecule has 0 aliphatic heterocycles. The van der Waals surface area contributed by atoms with Crippen molar-refractivity contribution in [2.75, 3.05) is 4.90 Å². The van der Waals surface area contributed by atoms with Crippen LogP contribution in [0.15, 0.2) is 127 Å². The zero-order chi connectivity index (χ0) is 43.1. The van der Waals surface area contributed by atoms with E-state index in [2.05, 4.69) is 188 Å². The Morgan fingerprint density at radius 2 is 0.937 bits per heavy atom. The van der Waals surface area contributed by atoms with Gasteiger partial charge in [-0.1, -0.05) is 152 Å². The Hall–Kier alpha value is -4.88. The molecule has 0 amide bonds. The van der Waals surface area contributed by atoms with E-state index in [1.165, 1.54) is 124 Å². The van der Waals surface area contributed by atoms with Crippen LogP contribution in [0.25, 0.3) is 33.4 Å². The molecule has 2 spiro atoms. The predicted molar refractivity (Wildman–Crippen MR) is 264 cm³/mol. The topological polar surface area (TPSA) is 3.24 Å². The minimum Gasteiger partial charge on any atom is -0.310 e. The summed E-state index contributed by atoms with van der Waals surface area (Å²) in [5.74, 6) is 3.47. The fraction of sp³-hybridized carbons (Fsp3) is 0.419. The lowest BCUT2D eigenvalue weighted by Crippen LogP contribution is -2.73. The maximum absolute atomic E-state index is 2.64. The lowest BCUT2D eigenvalue weighted by Gasteiger charge is -2.76. The van der Waals surface area contributed by atoms with Crippen molar-refractivity contribution >= 4 is 17.1 Å². The standard InChI is InChI=1S/C62H65N/c1-57(2)26-28-59(5,6)51-34-41(22-24-48(51)57)39-14-11-16-44(32-39)63(45-17-12-15-40(33-45)42-23-25-49-52(35-42)60(7,8)29-27-58(49,3)4)53-21-13-20-50-56(53)46-18-9-10-19-47(46)62(50)54-31-38-30-43-36-55(62)61(43,54)37-38/h9-25,32-35,38,43,54-55H,26-31,36-37H2,1-8H3. The lowest BCUT2D eigenvalue weighted by molar-refractivity contribution is -0.231. The van der Waals surface area contributed by atoms with Crippen LogP contribution in [0.1, 0.15) is 140 Å². The summed E-state index contributed by atoms with van der Waals surface area (Å²) in [5.41, 5.74) is 22.6. The second kappa shape index (κ2) is 12.5. The van der Waals surface area contributed by atoms with Gasteiger partial charge in [0.15, 0.2) is 0 Å². The Morgan fingerprint density at radius 1 is 0.429 bits per heavy atom. The fourth-order valence-corrected chi connectivity index (χ4v) is 16.2. The van der Waals surface area contributed by atoms with E-state index in [9.17, 15) is 0 Å². The first-order chi connectivity index (χ1) is 30.1. The van der Waals surface area contributed by atoms with E-state index in [1.54, 1.807) is 11.1 Å².